The van der Waals surface area contributed by atoms with Crippen molar-refractivity contribution in [2.45, 2.75) is 39.3 Å². The standard InChI is InChI=1S/C13H18BrN3O/c1-3-7-17-13(10(14)8-16-17)12(15)11-6-5-9(4-2)18-11/h5-6,8,12H,3-4,7,15H2,1-2H3. The molecule has 0 spiro atoms. The van der Waals surface area contributed by atoms with Gasteiger partial charge in [-0.2, -0.15) is 5.10 Å². The Morgan fingerprint density at radius 2 is 2.22 bits per heavy atom. The first-order valence-corrected chi connectivity index (χ1v) is 7.02. The van der Waals surface area contributed by atoms with Gasteiger partial charge in [0.1, 0.15) is 17.6 Å². The molecule has 0 amide bonds. The van der Waals surface area contributed by atoms with Gasteiger partial charge >= 0.3 is 0 Å². The van der Waals surface area contributed by atoms with Gasteiger partial charge in [0.25, 0.3) is 0 Å². The minimum atomic E-state index is -0.284. The zero-order valence-electron chi connectivity index (χ0n) is 10.7. The van der Waals surface area contributed by atoms with E-state index in [4.69, 9.17) is 10.2 Å². The van der Waals surface area contributed by atoms with Crippen LogP contribution >= 0.6 is 15.9 Å². The summed E-state index contributed by atoms with van der Waals surface area (Å²) in [7, 11) is 0. The average Bonchev–Trinajstić information content (AvgIpc) is 2.96. The van der Waals surface area contributed by atoms with Crippen LogP contribution in [0.3, 0.4) is 0 Å². The highest BCUT2D eigenvalue weighted by atomic mass is 79.9. The Hall–Kier alpha value is -1.07. The predicted octanol–water partition coefficient (Wildman–Crippen LogP) is 3.26. The van der Waals surface area contributed by atoms with Crippen molar-refractivity contribution in [3.05, 3.63) is 40.0 Å². The molecule has 0 saturated carbocycles. The van der Waals surface area contributed by atoms with E-state index in [1.807, 2.05) is 16.8 Å². The molecule has 1 unspecified atom stereocenters. The molecule has 5 heteroatoms. The molecule has 0 aliphatic heterocycles. The summed E-state index contributed by atoms with van der Waals surface area (Å²) in [4.78, 5) is 0. The van der Waals surface area contributed by atoms with E-state index in [0.29, 0.717) is 0 Å². The van der Waals surface area contributed by atoms with E-state index < -0.39 is 0 Å². The number of halogens is 1. The first-order valence-electron chi connectivity index (χ1n) is 6.22. The highest BCUT2D eigenvalue weighted by molar-refractivity contribution is 9.10. The number of nitrogens with zero attached hydrogens (tertiary/aromatic N) is 2. The maximum absolute atomic E-state index is 6.28. The summed E-state index contributed by atoms with van der Waals surface area (Å²) >= 11 is 3.50. The lowest BCUT2D eigenvalue weighted by molar-refractivity contribution is 0.440. The summed E-state index contributed by atoms with van der Waals surface area (Å²) in [5.74, 6) is 1.74. The Bertz CT molecular complexity index is 518. The molecule has 0 aromatic carbocycles. The first-order chi connectivity index (χ1) is 8.67. The number of furan rings is 1. The molecular weight excluding hydrogens is 294 g/mol. The zero-order valence-corrected chi connectivity index (χ0v) is 12.3. The average molecular weight is 312 g/mol. The van der Waals surface area contributed by atoms with Crippen LogP contribution in [-0.4, -0.2) is 9.78 Å². The number of aromatic nitrogens is 2. The summed E-state index contributed by atoms with van der Waals surface area (Å²) in [6.07, 6.45) is 3.68. The Balaban J connectivity index is 2.32. The molecule has 18 heavy (non-hydrogen) atoms. The largest absolute Gasteiger partial charge is 0.464 e. The summed E-state index contributed by atoms with van der Waals surface area (Å²) < 4.78 is 8.58. The van der Waals surface area contributed by atoms with E-state index in [2.05, 4.69) is 34.9 Å². The van der Waals surface area contributed by atoms with Gasteiger partial charge in [0.2, 0.25) is 0 Å². The molecule has 1 atom stereocenters. The molecule has 98 valence electrons. The minimum absolute atomic E-state index is 0.284. The topological polar surface area (TPSA) is 57.0 Å². The van der Waals surface area contributed by atoms with Crippen molar-refractivity contribution in [3.8, 4) is 0 Å². The molecule has 0 aliphatic carbocycles. The number of hydrogen-bond donors (Lipinski definition) is 1. The fourth-order valence-electron chi connectivity index (χ4n) is 1.96. The molecule has 2 N–H and O–H groups in total. The summed E-state index contributed by atoms with van der Waals surface area (Å²) in [5, 5.41) is 4.33. The van der Waals surface area contributed by atoms with E-state index in [-0.39, 0.29) is 6.04 Å². The second-order valence-corrected chi connectivity index (χ2v) is 5.09. The highest BCUT2D eigenvalue weighted by Crippen LogP contribution is 2.28. The molecule has 0 bridgehead atoms. The summed E-state index contributed by atoms with van der Waals surface area (Å²) in [6, 6.07) is 3.64. The van der Waals surface area contributed by atoms with Crippen molar-refractivity contribution in [1.82, 2.24) is 9.78 Å². The Morgan fingerprint density at radius 3 is 2.83 bits per heavy atom. The van der Waals surface area contributed by atoms with Crippen LogP contribution in [0.4, 0.5) is 0 Å². The first kappa shape index (κ1) is 13.4. The van der Waals surface area contributed by atoms with Crippen LogP contribution < -0.4 is 5.73 Å². The SMILES string of the molecule is CCCn1ncc(Br)c1C(N)c1ccc(CC)o1. The minimum Gasteiger partial charge on any atom is -0.464 e. The second-order valence-electron chi connectivity index (χ2n) is 4.24. The Morgan fingerprint density at radius 1 is 1.44 bits per heavy atom. The normalized spacial score (nSPS) is 12.9. The van der Waals surface area contributed by atoms with Crippen LogP contribution in [0.5, 0.6) is 0 Å². The number of aryl methyl sites for hydroxylation is 2. The molecule has 2 aromatic rings. The second kappa shape index (κ2) is 5.71. The lowest BCUT2D eigenvalue weighted by Gasteiger charge is -2.12. The molecule has 2 rings (SSSR count). The van der Waals surface area contributed by atoms with E-state index in [9.17, 15) is 0 Å². The Labute approximate surface area is 115 Å². The molecule has 0 saturated heterocycles. The van der Waals surface area contributed by atoms with Gasteiger partial charge in [0, 0.05) is 13.0 Å². The number of nitrogens with two attached hydrogens (primary N) is 1. The van der Waals surface area contributed by atoms with Crippen molar-refractivity contribution in [2.24, 2.45) is 5.73 Å². The Kier molecular flexibility index (Phi) is 4.24. The van der Waals surface area contributed by atoms with Crippen LogP contribution in [0.1, 0.15) is 43.5 Å². The van der Waals surface area contributed by atoms with Crippen molar-refractivity contribution in [3.63, 3.8) is 0 Å². The summed E-state index contributed by atoms with van der Waals surface area (Å²) in [6.45, 7) is 5.04. The maximum atomic E-state index is 6.28. The zero-order chi connectivity index (χ0) is 13.1. The van der Waals surface area contributed by atoms with E-state index in [0.717, 1.165) is 41.1 Å². The lowest BCUT2D eigenvalue weighted by Crippen LogP contribution is -2.17. The third-order valence-electron chi connectivity index (χ3n) is 2.90. The van der Waals surface area contributed by atoms with Crippen molar-refractivity contribution < 1.29 is 4.42 Å². The molecule has 0 fully saturated rings. The van der Waals surface area contributed by atoms with Gasteiger partial charge in [-0.3, -0.25) is 4.68 Å². The smallest absolute Gasteiger partial charge is 0.127 e. The van der Waals surface area contributed by atoms with E-state index >= 15 is 0 Å². The fourth-order valence-corrected chi connectivity index (χ4v) is 2.50. The third-order valence-corrected chi connectivity index (χ3v) is 3.51. The number of hydrogen-bond acceptors (Lipinski definition) is 3. The fraction of sp³-hybridized carbons (Fsp3) is 0.462. The van der Waals surface area contributed by atoms with Gasteiger partial charge in [-0.1, -0.05) is 13.8 Å². The van der Waals surface area contributed by atoms with Crippen molar-refractivity contribution >= 4 is 15.9 Å². The van der Waals surface area contributed by atoms with Gasteiger partial charge in [-0.25, -0.2) is 0 Å². The van der Waals surface area contributed by atoms with Gasteiger partial charge < -0.3 is 10.2 Å². The van der Waals surface area contributed by atoms with E-state index in [1.165, 1.54) is 0 Å². The predicted molar refractivity (Wildman–Crippen MR) is 74.3 cm³/mol. The van der Waals surface area contributed by atoms with E-state index in [1.54, 1.807) is 6.20 Å². The summed E-state index contributed by atoms with van der Waals surface area (Å²) in [5.41, 5.74) is 7.24. The molecule has 0 radical (unpaired) electrons. The van der Waals surface area contributed by atoms with Crippen LogP contribution in [0.15, 0.2) is 27.2 Å². The quantitative estimate of drug-likeness (QED) is 0.922. The molecule has 2 aromatic heterocycles. The third kappa shape index (κ3) is 2.52. The van der Waals surface area contributed by atoms with Gasteiger partial charge in [-0.05, 0) is 34.5 Å². The van der Waals surface area contributed by atoms with Crippen LogP contribution in [-0.2, 0) is 13.0 Å². The van der Waals surface area contributed by atoms with Crippen LogP contribution in [0.25, 0.3) is 0 Å². The molecule has 0 aliphatic rings. The molecule has 4 nitrogen and oxygen atoms in total. The molecular formula is C13H18BrN3O. The monoisotopic (exact) mass is 311 g/mol. The highest BCUT2D eigenvalue weighted by Gasteiger charge is 2.20. The maximum Gasteiger partial charge on any atom is 0.127 e. The van der Waals surface area contributed by atoms with Crippen LogP contribution in [0.2, 0.25) is 0 Å². The molecule has 2 heterocycles. The van der Waals surface area contributed by atoms with Gasteiger partial charge in [-0.15, -0.1) is 0 Å². The lowest BCUT2D eigenvalue weighted by atomic mass is 10.1. The van der Waals surface area contributed by atoms with Gasteiger partial charge in [0.15, 0.2) is 0 Å². The van der Waals surface area contributed by atoms with Crippen molar-refractivity contribution in [1.29, 1.82) is 0 Å². The van der Waals surface area contributed by atoms with Gasteiger partial charge in [0.05, 0.1) is 16.4 Å². The van der Waals surface area contributed by atoms with Crippen molar-refractivity contribution in [2.75, 3.05) is 0 Å². The number of rotatable bonds is 5. The van der Waals surface area contributed by atoms with Crippen LogP contribution in [0, 0.1) is 0 Å².